The summed E-state index contributed by atoms with van der Waals surface area (Å²) in [5, 5.41) is 5.94. The summed E-state index contributed by atoms with van der Waals surface area (Å²) in [6.07, 6.45) is 6.61. The van der Waals surface area contributed by atoms with Crippen molar-refractivity contribution in [3.8, 4) is 0 Å². The molecule has 3 unspecified atom stereocenters. The molecule has 0 N–H and O–H groups in total. The highest BCUT2D eigenvalue weighted by Gasteiger charge is 2.45. The summed E-state index contributed by atoms with van der Waals surface area (Å²) in [5.41, 5.74) is 0.956. The Kier molecular flexibility index (Phi) is 6.42. The Labute approximate surface area is 148 Å². The molecular weight excluding hydrogens is 324 g/mol. The van der Waals surface area contributed by atoms with Gasteiger partial charge in [-0.3, -0.25) is 9.59 Å². The number of amides is 1. The van der Waals surface area contributed by atoms with Crippen molar-refractivity contribution in [2.75, 3.05) is 26.4 Å². The lowest BCUT2D eigenvalue weighted by molar-refractivity contribution is -0.169. The first kappa shape index (κ1) is 18.3. The molecular formula is C18H28N2O5. The number of carbonyl (C=O) groups is 2. The minimum atomic E-state index is -0.751. The maximum atomic E-state index is 12.8. The zero-order chi connectivity index (χ0) is 17.6. The first-order valence-electron chi connectivity index (χ1n) is 9.49. The lowest BCUT2D eigenvalue weighted by Gasteiger charge is -2.37. The predicted octanol–water partition coefficient (Wildman–Crippen LogP) is 2.10. The van der Waals surface area contributed by atoms with E-state index in [1.807, 2.05) is 0 Å². The molecule has 2 heterocycles. The predicted molar refractivity (Wildman–Crippen MR) is 90.8 cm³/mol. The Morgan fingerprint density at radius 1 is 1.28 bits per heavy atom. The van der Waals surface area contributed by atoms with E-state index in [1.54, 1.807) is 6.92 Å². The van der Waals surface area contributed by atoms with E-state index in [0.717, 1.165) is 57.3 Å². The van der Waals surface area contributed by atoms with Gasteiger partial charge in [-0.15, -0.1) is 0 Å². The van der Waals surface area contributed by atoms with Crippen molar-refractivity contribution in [1.82, 2.24) is 5.01 Å². The molecule has 0 aromatic rings. The van der Waals surface area contributed by atoms with Gasteiger partial charge in [0.05, 0.1) is 19.8 Å². The highest BCUT2D eigenvalue weighted by atomic mass is 16.7. The molecule has 140 valence electrons. The monoisotopic (exact) mass is 352 g/mol. The van der Waals surface area contributed by atoms with Crippen molar-refractivity contribution in [3.63, 3.8) is 0 Å². The molecule has 2 fully saturated rings. The number of ether oxygens (including phenoxy) is 3. The van der Waals surface area contributed by atoms with Crippen molar-refractivity contribution in [2.24, 2.45) is 16.9 Å². The fourth-order valence-corrected chi connectivity index (χ4v) is 3.81. The van der Waals surface area contributed by atoms with Crippen molar-refractivity contribution in [3.05, 3.63) is 0 Å². The van der Waals surface area contributed by atoms with Crippen LogP contribution in [0.15, 0.2) is 5.10 Å². The summed E-state index contributed by atoms with van der Waals surface area (Å²) < 4.78 is 16.4. The van der Waals surface area contributed by atoms with E-state index in [-0.39, 0.29) is 24.7 Å². The van der Waals surface area contributed by atoms with Gasteiger partial charge in [-0.2, -0.15) is 5.10 Å². The van der Waals surface area contributed by atoms with Crippen LogP contribution in [-0.4, -0.2) is 55.3 Å². The zero-order valence-corrected chi connectivity index (χ0v) is 14.9. The zero-order valence-electron chi connectivity index (χ0n) is 14.9. The Morgan fingerprint density at radius 2 is 2.12 bits per heavy atom. The molecule has 0 aromatic carbocycles. The van der Waals surface area contributed by atoms with Crippen LogP contribution in [0.4, 0.5) is 0 Å². The molecule has 3 atom stereocenters. The average molecular weight is 352 g/mol. The summed E-state index contributed by atoms with van der Waals surface area (Å²) in [7, 11) is 0. The third-order valence-corrected chi connectivity index (χ3v) is 5.08. The Bertz CT molecular complexity index is 516. The summed E-state index contributed by atoms with van der Waals surface area (Å²) in [6, 6.07) is 0. The normalized spacial score (nSPS) is 29.8. The Balaban J connectivity index is 1.63. The van der Waals surface area contributed by atoms with Crippen LogP contribution in [0.3, 0.4) is 0 Å². The van der Waals surface area contributed by atoms with Crippen molar-refractivity contribution < 1.29 is 23.8 Å². The Hall–Kier alpha value is -1.47. The van der Waals surface area contributed by atoms with Gasteiger partial charge >= 0.3 is 5.97 Å². The highest BCUT2D eigenvalue weighted by molar-refractivity contribution is 6.06. The number of hydrazone groups is 1. The van der Waals surface area contributed by atoms with Gasteiger partial charge in [0, 0.05) is 18.2 Å². The third-order valence-electron chi connectivity index (χ3n) is 5.08. The summed E-state index contributed by atoms with van der Waals surface area (Å²) >= 11 is 0. The molecule has 3 aliphatic rings. The quantitative estimate of drug-likeness (QED) is 0.540. The van der Waals surface area contributed by atoms with Gasteiger partial charge < -0.3 is 14.2 Å². The van der Waals surface area contributed by atoms with Gasteiger partial charge in [0.25, 0.3) is 5.91 Å². The molecule has 1 aliphatic carbocycles. The van der Waals surface area contributed by atoms with E-state index < -0.39 is 11.9 Å². The Morgan fingerprint density at radius 3 is 2.88 bits per heavy atom. The molecule has 7 heteroatoms. The minimum absolute atomic E-state index is 0.0980. The molecule has 3 rings (SSSR count). The standard InChI is InChI=1S/C18H28N2O5/c1-2-23-18(22)16-13-7-3-4-8-14(13)19-20(17(16)21)10-12-25-15-9-5-6-11-24-15/h13,15-16H,2-12H2,1H3. The molecule has 0 bridgehead atoms. The number of hydrogen-bond donors (Lipinski definition) is 0. The van der Waals surface area contributed by atoms with Crippen LogP contribution in [0.5, 0.6) is 0 Å². The number of fused-ring (bicyclic) bond motifs is 1. The van der Waals surface area contributed by atoms with Gasteiger partial charge in [0.2, 0.25) is 0 Å². The fraction of sp³-hybridized carbons (Fsp3) is 0.833. The average Bonchev–Trinajstić information content (AvgIpc) is 2.63. The number of rotatable bonds is 6. The highest BCUT2D eigenvalue weighted by Crippen LogP contribution is 2.34. The molecule has 0 spiro atoms. The number of hydrogen-bond acceptors (Lipinski definition) is 6. The first-order valence-corrected chi connectivity index (χ1v) is 9.49. The fourth-order valence-electron chi connectivity index (χ4n) is 3.81. The van der Waals surface area contributed by atoms with E-state index in [4.69, 9.17) is 14.2 Å². The van der Waals surface area contributed by atoms with E-state index in [0.29, 0.717) is 13.2 Å². The largest absolute Gasteiger partial charge is 0.465 e. The second kappa shape index (κ2) is 8.76. The van der Waals surface area contributed by atoms with Crippen LogP contribution in [0, 0.1) is 11.8 Å². The van der Waals surface area contributed by atoms with Gasteiger partial charge in [-0.05, 0) is 45.4 Å². The molecule has 0 radical (unpaired) electrons. The van der Waals surface area contributed by atoms with Crippen LogP contribution in [0.2, 0.25) is 0 Å². The van der Waals surface area contributed by atoms with Gasteiger partial charge in [0.15, 0.2) is 6.29 Å². The number of carbonyl (C=O) groups excluding carboxylic acids is 2. The molecule has 25 heavy (non-hydrogen) atoms. The maximum absolute atomic E-state index is 12.8. The maximum Gasteiger partial charge on any atom is 0.319 e. The van der Waals surface area contributed by atoms with E-state index >= 15 is 0 Å². The topological polar surface area (TPSA) is 77.4 Å². The first-order chi connectivity index (χ1) is 12.2. The molecule has 1 amide bonds. The van der Waals surface area contributed by atoms with Crippen molar-refractivity contribution in [1.29, 1.82) is 0 Å². The summed E-state index contributed by atoms with van der Waals surface area (Å²) in [6.45, 7) is 3.46. The molecule has 7 nitrogen and oxygen atoms in total. The summed E-state index contributed by atoms with van der Waals surface area (Å²) in [5.74, 6) is -1.53. The lowest BCUT2D eigenvalue weighted by atomic mass is 9.77. The molecule has 1 saturated carbocycles. The van der Waals surface area contributed by atoms with E-state index in [9.17, 15) is 9.59 Å². The molecule has 0 aromatic heterocycles. The third kappa shape index (κ3) is 4.39. The smallest absolute Gasteiger partial charge is 0.319 e. The van der Waals surface area contributed by atoms with Crippen LogP contribution in [0.1, 0.15) is 51.9 Å². The molecule has 1 saturated heterocycles. The van der Waals surface area contributed by atoms with Crippen LogP contribution in [0.25, 0.3) is 0 Å². The van der Waals surface area contributed by atoms with E-state index in [2.05, 4.69) is 5.10 Å². The van der Waals surface area contributed by atoms with Crippen LogP contribution in [-0.2, 0) is 23.8 Å². The number of nitrogens with zero attached hydrogens (tertiary/aromatic N) is 2. The SMILES string of the molecule is CCOC(=O)C1C(=O)N(CCOC2CCCCO2)N=C2CCCCC21. The van der Waals surface area contributed by atoms with Crippen molar-refractivity contribution >= 4 is 17.6 Å². The van der Waals surface area contributed by atoms with E-state index in [1.165, 1.54) is 5.01 Å². The molecule has 2 aliphatic heterocycles. The van der Waals surface area contributed by atoms with Gasteiger partial charge in [-0.25, -0.2) is 5.01 Å². The van der Waals surface area contributed by atoms with Gasteiger partial charge in [0.1, 0.15) is 5.92 Å². The summed E-state index contributed by atoms with van der Waals surface area (Å²) in [4.78, 5) is 25.2. The minimum Gasteiger partial charge on any atom is -0.465 e. The lowest BCUT2D eigenvalue weighted by Crippen LogP contribution is -2.50. The van der Waals surface area contributed by atoms with Crippen LogP contribution >= 0.6 is 0 Å². The van der Waals surface area contributed by atoms with Crippen molar-refractivity contribution in [2.45, 2.75) is 58.2 Å². The second-order valence-electron chi connectivity index (χ2n) is 6.80. The van der Waals surface area contributed by atoms with Gasteiger partial charge in [-0.1, -0.05) is 6.42 Å². The number of esters is 1. The van der Waals surface area contributed by atoms with Crippen LogP contribution < -0.4 is 0 Å². The second-order valence-corrected chi connectivity index (χ2v) is 6.80.